The summed E-state index contributed by atoms with van der Waals surface area (Å²) in [5.74, 6) is 0. The van der Waals surface area contributed by atoms with E-state index in [1.165, 1.54) is 54.2 Å². The van der Waals surface area contributed by atoms with Crippen molar-refractivity contribution in [1.29, 1.82) is 0 Å². The zero-order valence-corrected chi connectivity index (χ0v) is 13.2. The molecular formula is C16H23BrN2. The van der Waals surface area contributed by atoms with Crippen LogP contribution >= 0.6 is 15.9 Å². The predicted octanol–water partition coefficient (Wildman–Crippen LogP) is 3.51. The Kier molecular flexibility index (Phi) is 4.25. The Hall–Kier alpha value is -0.380. The van der Waals surface area contributed by atoms with Crippen LogP contribution in [0.2, 0.25) is 0 Å². The quantitative estimate of drug-likeness (QED) is 0.916. The summed E-state index contributed by atoms with van der Waals surface area (Å²) >= 11 is 3.57. The Morgan fingerprint density at radius 3 is 3.05 bits per heavy atom. The average molecular weight is 323 g/mol. The molecule has 1 aromatic rings. The Labute approximate surface area is 124 Å². The molecular weight excluding hydrogens is 300 g/mol. The highest BCUT2D eigenvalue weighted by Crippen LogP contribution is 2.33. The summed E-state index contributed by atoms with van der Waals surface area (Å²) in [6, 6.07) is 8.04. The van der Waals surface area contributed by atoms with Crippen LogP contribution in [0.5, 0.6) is 0 Å². The fraction of sp³-hybridized carbons (Fsp3) is 0.625. The lowest BCUT2D eigenvalue weighted by Crippen LogP contribution is -2.43. The van der Waals surface area contributed by atoms with Gasteiger partial charge in [0.1, 0.15) is 0 Å². The standard InChI is InChI=1S/C16H23BrN2/c1-19-9-3-2-4-14(19)11-18-16-8-5-12-10-13(17)6-7-15(12)16/h6-7,10,14,16,18H,2-5,8-9,11H2,1H3. The number of rotatable bonds is 3. The predicted molar refractivity (Wildman–Crippen MR) is 83.5 cm³/mol. The van der Waals surface area contributed by atoms with E-state index >= 15 is 0 Å². The molecule has 0 aromatic heterocycles. The van der Waals surface area contributed by atoms with E-state index in [1.54, 1.807) is 0 Å². The van der Waals surface area contributed by atoms with Gasteiger partial charge in [-0.1, -0.05) is 28.4 Å². The summed E-state index contributed by atoms with van der Waals surface area (Å²) in [5.41, 5.74) is 3.03. The number of nitrogens with one attached hydrogen (secondary N) is 1. The van der Waals surface area contributed by atoms with Gasteiger partial charge >= 0.3 is 0 Å². The second-order valence-corrected chi connectivity index (χ2v) is 6.89. The molecule has 0 spiro atoms. The first-order valence-electron chi connectivity index (χ1n) is 7.46. The first-order valence-corrected chi connectivity index (χ1v) is 8.25. The number of hydrogen-bond donors (Lipinski definition) is 1. The number of fused-ring (bicyclic) bond motifs is 1. The fourth-order valence-corrected chi connectivity index (χ4v) is 3.89. The fourth-order valence-electron chi connectivity index (χ4n) is 3.48. The third-order valence-electron chi connectivity index (χ3n) is 4.70. The largest absolute Gasteiger partial charge is 0.308 e. The van der Waals surface area contributed by atoms with Crippen molar-refractivity contribution in [2.24, 2.45) is 0 Å². The van der Waals surface area contributed by atoms with Gasteiger partial charge in [0.25, 0.3) is 0 Å². The Morgan fingerprint density at radius 1 is 1.32 bits per heavy atom. The molecule has 1 fully saturated rings. The molecule has 0 bridgehead atoms. The SMILES string of the molecule is CN1CCCCC1CNC1CCc2cc(Br)ccc21. The molecule has 1 aromatic carbocycles. The second kappa shape index (κ2) is 5.94. The van der Waals surface area contributed by atoms with Gasteiger partial charge in [0.2, 0.25) is 0 Å². The first kappa shape index (κ1) is 13.6. The number of likely N-dealkylation sites (N-methyl/N-ethyl adjacent to an activating group) is 1. The van der Waals surface area contributed by atoms with Crippen LogP contribution in [0, 0.1) is 0 Å². The van der Waals surface area contributed by atoms with Crippen molar-refractivity contribution in [2.45, 2.75) is 44.2 Å². The Balaban J connectivity index is 1.60. The van der Waals surface area contributed by atoms with Crippen LogP contribution in [0.1, 0.15) is 42.9 Å². The van der Waals surface area contributed by atoms with E-state index in [0.717, 1.165) is 12.6 Å². The third-order valence-corrected chi connectivity index (χ3v) is 5.20. The van der Waals surface area contributed by atoms with Gasteiger partial charge in [0.05, 0.1) is 0 Å². The molecule has 0 saturated carbocycles. The third kappa shape index (κ3) is 3.04. The molecule has 0 amide bonds. The summed E-state index contributed by atoms with van der Waals surface area (Å²) < 4.78 is 1.21. The molecule has 104 valence electrons. The number of aryl methyl sites for hydroxylation is 1. The minimum Gasteiger partial charge on any atom is -0.308 e. The summed E-state index contributed by atoms with van der Waals surface area (Å²) in [6.45, 7) is 2.40. The Morgan fingerprint density at radius 2 is 2.21 bits per heavy atom. The molecule has 1 N–H and O–H groups in total. The van der Waals surface area contributed by atoms with E-state index < -0.39 is 0 Å². The smallest absolute Gasteiger partial charge is 0.0326 e. The van der Waals surface area contributed by atoms with Crippen LogP contribution in [0.25, 0.3) is 0 Å². The molecule has 2 nitrogen and oxygen atoms in total. The summed E-state index contributed by atoms with van der Waals surface area (Å²) in [4.78, 5) is 2.52. The van der Waals surface area contributed by atoms with E-state index in [4.69, 9.17) is 0 Å². The lowest BCUT2D eigenvalue weighted by atomic mass is 10.0. The van der Waals surface area contributed by atoms with Gasteiger partial charge < -0.3 is 10.2 Å². The molecule has 0 radical (unpaired) electrons. The molecule has 3 rings (SSSR count). The highest BCUT2D eigenvalue weighted by Gasteiger charge is 2.24. The molecule has 1 aliphatic carbocycles. The maximum Gasteiger partial charge on any atom is 0.0326 e. The zero-order chi connectivity index (χ0) is 13.2. The van der Waals surface area contributed by atoms with Crippen LogP contribution < -0.4 is 5.32 Å². The van der Waals surface area contributed by atoms with Crippen molar-refractivity contribution in [3.05, 3.63) is 33.8 Å². The average Bonchev–Trinajstić information content (AvgIpc) is 2.80. The van der Waals surface area contributed by atoms with E-state index in [2.05, 4.69) is 51.4 Å². The van der Waals surface area contributed by atoms with E-state index in [9.17, 15) is 0 Å². The van der Waals surface area contributed by atoms with E-state index in [0.29, 0.717) is 6.04 Å². The van der Waals surface area contributed by atoms with Crippen molar-refractivity contribution in [2.75, 3.05) is 20.1 Å². The number of benzene rings is 1. The lowest BCUT2D eigenvalue weighted by molar-refractivity contribution is 0.177. The molecule has 1 aliphatic heterocycles. The molecule has 3 heteroatoms. The summed E-state index contributed by atoms with van der Waals surface area (Å²) in [7, 11) is 2.27. The van der Waals surface area contributed by atoms with Crippen LogP contribution in [0.4, 0.5) is 0 Å². The van der Waals surface area contributed by atoms with Gasteiger partial charge in [-0.2, -0.15) is 0 Å². The number of piperidine rings is 1. The van der Waals surface area contributed by atoms with Gasteiger partial charge in [-0.15, -0.1) is 0 Å². The Bertz CT molecular complexity index is 446. The molecule has 2 aliphatic rings. The van der Waals surface area contributed by atoms with Crippen LogP contribution in [0.15, 0.2) is 22.7 Å². The monoisotopic (exact) mass is 322 g/mol. The minimum atomic E-state index is 0.568. The van der Waals surface area contributed by atoms with Crippen molar-refractivity contribution in [3.8, 4) is 0 Å². The normalized spacial score (nSPS) is 27.5. The highest BCUT2D eigenvalue weighted by atomic mass is 79.9. The topological polar surface area (TPSA) is 15.3 Å². The zero-order valence-electron chi connectivity index (χ0n) is 11.7. The van der Waals surface area contributed by atoms with Crippen molar-refractivity contribution < 1.29 is 0 Å². The lowest BCUT2D eigenvalue weighted by Gasteiger charge is -2.33. The highest BCUT2D eigenvalue weighted by molar-refractivity contribution is 9.10. The van der Waals surface area contributed by atoms with Gasteiger partial charge in [-0.3, -0.25) is 0 Å². The molecule has 1 heterocycles. The molecule has 1 saturated heterocycles. The van der Waals surface area contributed by atoms with Crippen molar-refractivity contribution >= 4 is 15.9 Å². The van der Waals surface area contributed by atoms with Gasteiger partial charge in [0, 0.05) is 23.1 Å². The summed E-state index contributed by atoms with van der Waals surface area (Å²) in [5, 5.41) is 3.80. The number of halogens is 1. The van der Waals surface area contributed by atoms with Crippen LogP contribution in [-0.4, -0.2) is 31.1 Å². The van der Waals surface area contributed by atoms with Gasteiger partial charge in [-0.25, -0.2) is 0 Å². The summed E-state index contributed by atoms with van der Waals surface area (Å²) in [6.07, 6.45) is 6.58. The van der Waals surface area contributed by atoms with Crippen LogP contribution in [-0.2, 0) is 6.42 Å². The van der Waals surface area contributed by atoms with Gasteiger partial charge in [-0.05, 0) is 62.5 Å². The second-order valence-electron chi connectivity index (χ2n) is 5.97. The van der Waals surface area contributed by atoms with Gasteiger partial charge in [0.15, 0.2) is 0 Å². The maximum atomic E-state index is 3.80. The van der Waals surface area contributed by atoms with E-state index in [1.807, 2.05) is 0 Å². The number of hydrogen-bond acceptors (Lipinski definition) is 2. The molecule has 19 heavy (non-hydrogen) atoms. The van der Waals surface area contributed by atoms with Crippen molar-refractivity contribution in [1.82, 2.24) is 10.2 Å². The minimum absolute atomic E-state index is 0.568. The maximum absolute atomic E-state index is 3.80. The number of nitrogens with zero attached hydrogens (tertiary/aromatic N) is 1. The first-order chi connectivity index (χ1) is 9.24. The van der Waals surface area contributed by atoms with Crippen molar-refractivity contribution in [3.63, 3.8) is 0 Å². The van der Waals surface area contributed by atoms with E-state index in [-0.39, 0.29) is 0 Å². The molecule has 2 atom stereocenters. The number of likely N-dealkylation sites (tertiary alicyclic amines) is 1. The molecule has 2 unspecified atom stereocenters. The van der Waals surface area contributed by atoms with Crippen LogP contribution in [0.3, 0.4) is 0 Å².